The molecule has 2 heterocycles. The van der Waals surface area contributed by atoms with Crippen LogP contribution >= 0.6 is 11.6 Å². The maximum absolute atomic E-state index is 10.7. The zero-order chi connectivity index (χ0) is 11.5. The third-order valence-electron chi connectivity index (χ3n) is 1.98. The zero-order valence-electron chi connectivity index (χ0n) is 8.00. The van der Waals surface area contributed by atoms with Crippen molar-refractivity contribution in [2.45, 2.75) is 0 Å². The van der Waals surface area contributed by atoms with Crippen LogP contribution in [0.15, 0.2) is 36.7 Å². The molecule has 0 spiro atoms. The summed E-state index contributed by atoms with van der Waals surface area (Å²) in [4.78, 5) is 17.9. The smallest absolute Gasteiger partial charge is 0.258 e. The van der Waals surface area contributed by atoms with Crippen LogP contribution in [-0.4, -0.2) is 14.9 Å². The normalized spacial score (nSPS) is 10.1. The van der Waals surface area contributed by atoms with Crippen LogP contribution in [0.1, 0.15) is 0 Å². The van der Waals surface area contributed by atoms with Crippen LogP contribution in [-0.2, 0) is 0 Å². The summed E-state index contributed by atoms with van der Waals surface area (Å²) in [6, 6.07) is 6.66. The summed E-state index contributed by atoms with van der Waals surface area (Å²) >= 11 is 5.61. The minimum absolute atomic E-state index is 0.121. The van der Waals surface area contributed by atoms with E-state index in [2.05, 4.69) is 9.97 Å². The van der Waals surface area contributed by atoms with Gasteiger partial charge in [0.15, 0.2) is 0 Å². The van der Waals surface area contributed by atoms with Gasteiger partial charge in [-0.1, -0.05) is 17.7 Å². The van der Waals surface area contributed by atoms with Crippen molar-refractivity contribution >= 4 is 17.3 Å². The van der Waals surface area contributed by atoms with Gasteiger partial charge in [-0.25, -0.2) is 4.98 Å². The van der Waals surface area contributed by atoms with Crippen LogP contribution in [0.25, 0.3) is 11.3 Å². The molecule has 2 rings (SSSR count). The van der Waals surface area contributed by atoms with Crippen molar-refractivity contribution < 1.29 is 4.92 Å². The van der Waals surface area contributed by atoms with Crippen molar-refractivity contribution in [2.75, 3.05) is 0 Å². The van der Waals surface area contributed by atoms with Gasteiger partial charge in [0.1, 0.15) is 0 Å². The quantitative estimate of drug-likeness (QED) is 0.456. The van der Waals surface area contributed by atoms with E-state index < -0.39 is 4.92 Å². The number of pyridine rings is 2. The number of aromatic nitrogens is 2. The maximum Gasteiger partial charge on any atom is 0.307 e. The number of nitrogens with zero attached hydrogens (tertiary/aromatic N) is 3. The number of rotatable bonds is 2. The summed E-state index contributed by atoms with van der Waals surface area (Å²) in [5.41, 5.74) is 0.969. The number of halogens is 1. The van der Waals surface area contributed by atoms with Gasteiger partial charge in [0.05, 0.1) is 10.6 Å². The lowest BCUT2D eigenvalue weighted by atomic mass is 10.2. The van der Waals surface area contributed by atoms with Crippen molar-refractivity contribution in [3.05, 3.63) is 51.9 Å². The van der Waals surface area contributed by atoms with E-state index in [0.29, 0.717) is 11.3 Å². The number of hydrogen-bond donors (Lipinski definition) is 0. The van der Waals surface area contributed by atoms with Gasteiger partial charge in [-0.3, -0.25) is 15.1 Å². The summed E-state index contributed by atoms with van der Waals surface area (Å²) in [5, 5.41) is 10.5. The molecule has 6 heteroatoms. The highest BCUT2D eigenvalue weighted by Gasteiger charge is 2.15. The van der Waals surface area contributed by atoms with Crippen LogP contribution in [0.4, 0.5) is 5.69 Å². The number of hydrogen-bond acceptors (Lipinski definition) is 4. The van der Waals surface area contributed by atoms with Crippen molar-refractivity contribution in [1.82, 2.24) is 9.97 Å². The van der Waals surface area contributed by atoms with Crippen LogP contribution in [0.3, 0.4) is 0 Å². The summed E-state index contributed by atoms with van der Waals surface area (Å²) in [5.74, 6) is 0. The van der Waals surface area contributed by atoms with Crippen molar-refractivity contribution in [3.63, 3.8) is 0 Å². The first-order valence-electron chi connectivity index (χ1n) is 4.40. The van der Waals surface area contributed by atoms with Gasteiger partial charge < -0.3 is 0 Å². The molecule has 0 aliphatic heterocycles. The van der Waals surface area contributed by atoms with Crippen molar-refractivity contribution in [1.29, 1.82) is 0 Å². The molecule has 0 saturated carbocycles. The first kappa shape index (κ1) is 10.5. The molecule has 0 radical (unpaired) electrons. The van der Waals surface area contributed by atoms with Crippen molar-refractivity contribution in [2.24, 2.45) is 0 Å². The number of nitro groups is 1. The summed E-state index contributed by atoms with van der Waals surface area (Å²) in [7, 11) is 0. The van der Waals surface area contributed by atoms with E-state index in [1.165, 1.54) is 12.3 Å². The molecule has 5 nitrogen and oxygen atoms in total. The molecule has 0 N–H and O–H groups in total. The standard InChI is InChI=1S/C10H6ClN3O2/c11-10-9(14(15)16)5-7(6-13-10)8-3-1-2-4-12-8/h1-6H. The first-order chi connectivity index (χ1) is 7.68. The summed E-state index contributed by atoms with van der Waals surface area (Å²) in [6.07, 6.45) is 3.06. The molecule has 0 amide bonds. The predicted molar refractivity (Wildman–Crippen MR) is 59.1 cm³/mol. The Morgan fingerprint density at radius 2 is 2.12 bits per heavy atom. The zero-order valence-corrected chi connectivity index (χ0v) is 8.76. The highest BCUT2D eigenvalue weighted by atomic mass is 35.5. The fraction of sp³-hybridized carbons (Fsp3) is 0. The summed E-state index contributed by atoms with van der Waals surface area (Å²) in [6.45, 7) is 0. The molecule has 0 aliphatic carbocycles. The SMILES string of the molecule is O=[N+]([O-])c1cc(-c2ccccn2)cnc1Cl. The first-order valence-corrected chi connectivity index (χ1v) is 4.77. The van der Waals surface area contributed by atoms with E-state index in [0.717, 1.165) is 0 Å². The lowest BCUT2D eigenvalue weighted by Gasteiger charge is -2.00. The Hall–Kier alpha value is -2.01. The van der Waals surface area contributed by atoms with Gasteiger partial charge in [-0.2, -0.15) is 0 Å². The second-order valence-corrected chi connectivity index (χ2v) is 3.36. The molecule has 0 fully saturated rings. The topological polar surface area (TPSA) is 68.9 Å². The van der Waals surface area contributed by atoms with Crippen LogP contribution in [0.2, 0.25) is 5.15 Å². The Balaban J connectivity index is 2.52. The third-order valence-corrected chi connectivity index (χ3v) is 2.27. The average molecular weight is 236 g/mol. The second kappa shape index (κ2) is 4.24. The molecular formula is C10H6ClN3O2. The Bertz CT molecular complexity index is 531. The second-order valence-electron chi connectivity index (χ2n) is 3.01. The summed E-state index contributed by atoms with van der Waals surface area (Å²) < 4.78 is 0. The maximum atomic E-state index is 10.7. The highest BCUT2D eigenvalue weighted by molar-refractivity contribution is 6.31. The Morgan fingerprint density at radius 3 is 2.75 bits per heavy atom. The largest absolute Gasteiger partial charge is 0.307 e. The Morgan fingerprint density at radius 1 is 1.31 bits per heavy atom. The molecule has 0 bridgehead atoms. The Labute approximate surface area is 95.9 Å². The lowest BCUT2D eigenvalue weighted by molar-refractivity contribution is -0.385. The fourth-order valence-electron chi connectivity index (χ4n) is 1.24. The molecule has 0 saturated heterocycles. The minimum Gasteiger partial charge on any atom is -0.258 e. The molecule has 16 heavy (non-hydrogen) atoms. The Kier molecular flexibility index (Phi) is 2.78. The van der Waals surface area contributed by atoms with Gasteiger partial charge in [-0.15, -0.1) is 0 Å². The lowest BCUT2D eigenvalue weighted by Crippen LogP contribution is -1.93. The molecule has 0 aliphatic rings. The molecule has 2 aromatic heterocycles. The van der Waals surface area contributed by atoms with Crippen LogP contribution in [0.5, 0.6) is 0 Å². The van der Waals surface area contributed by atoms with E-state index in [-0.39, 0.29) is 10.8 Å². The predicted octanol–water partition coefficient (Wildman–Crippen LogP) is 2.71. The minimum atomic E-state index is -0.568. The highest BCUT2D eigenvalue weighted by Crippen LogP contribution is 2.26. The molecule has 2 aromatic rings. The monoisotopic (exact) mass is 235 g/mol. The molecular weight excluding hydrogens is 230 g/mol. The van der Waals surface area contributed by atoms with E-state index >= 15 is 0 Å². The van der Waals surface area contributed by atoms with Gasteiger partial charge in [0, 0.05) is 24.0 Å². The molecule has 0 unspecified atom stereocenters. The van der Waals surface area contributed by atoms with E-state index in [1.54, 1.807) is 24.4 Å². The van der Waals surface area contributed by atoms with Crippen LogP contribution in [0, 0.1) is 10.1 Å². The van der Waals surface area contributed by atoms with Gasteiger partial charge >= 0.3 is 5.69 Å². The van der Waals surface area contributed by atoms with Crippen molar-refractivity contribution in [3.8, 4) is 11.3 Å². The fourth-order valence-corrected chi connectivity index (χ4v) is 1.41. The van der Waals surface area contributed by atoms with Gasteiger partial charge in [-0.05, 0) is 12.1 Å². The molecule has 0 aromatic carbocycles. The van der Waals surface area contributed by atoms with E-state index in [1.807, 2.05) is 0 Å². The average Bonchev–Trinajstić information content (AvgIpc) is 2.30. The van der Waals surface area contributed by atoms with Gasteiger partial charge in [0.2, 0.25) is 5.15 Å². The molecule has 0 atom stereocenters. The molecule has 80 valence electrons. The van der Waals surface area contributed by atoms with E-state index in [4.69, 9.17) is 11.6 Å². The van der Waals surface area contributed by atoms with Gasteiger partial charge in [0.25, 0.3) is 0 Å². The van der Waals surface area contributed by atoms with E-state index in [9.17, 15) is 10.1 Å². The third kappa shape index (κ3) is 1.99. The van der Waals surface area contributed by atoms with Crippen LogP contribution < -0.4 is 0 Å².